The van der Waals surface area contributed by atoms with E-state index in [1.165, 1.54) is 44.9 Å². The zero-order chi connectivity index (χ0) is 21.2. The van der Waals surface area contributed by atoms with Gasteiger partial charge in [0.1, 0.15) is 12.4 Å². The molecular formula is C24H38O5. The van der Waals surface area contributed by atoms with Gasteiger partial charge in [-0.2, -0.15) is 0 Å². The molecular weight excluding hydrogens is 368 g/mol. The normalized spacial score (nSPS) is 10.7. The van der Waals surface area contributed by atoms with Crippen LogP contribution in [0.1, 0.15) is 95.5 Å². The van der Waals surface area contributed by atoms with Gasteiger partial charge in [-0.1, -0.05) is 76.3 Å². The Kier molecular flexibility index (Phi) is 14.5. The summed E-state index contributed by atoms with van der Waals surface area (Å²) in [5.74, 6) is -0.00677. The Bertz CT molecular complexity index is 553. The highest BCUT2D eigenvalue weighted by Crippen LogP contribution is 2.14. The second kappa shape index (κ2) is 16.9. The van der Waals surface area contributed by atoms with Crippen LogP contribution in [0.3, 0.4) is 0 Å². The molecule has 0 aliphatic rings. The van der Waals surface area contributed by atoms with Gasteiger partial charge >= 0.3 is 11.9 Å². The van der Waals surface area contributed by atoms with Gasteiger partial charge in [0.05, 0.1) is 7.11 Å². The Balaban J connectivity index is 1.84. The lowest BCUT2D eigenvalue weighted by Gasteiger charge is -2.06. The van der Waals surface area contributed by atoms with Gasteiger partial charge in [-0.3, -0.25) is 9.59 Å². The van der Waals surface area contributed by atoms with Crippen LogP contribution in [0.5, 0.6) is 5.75 Å². The van der Waals surface area contributed by atoms with Gasteiger partial charge in [-0.25, -0.2) is 0 Å². The molecule has 0 saturated carbocycles. The number of hydrogen-bond donors (Lipinski definition) is 1. The van der Waals surface area contributed by atoms with Crippen molar-refractivity contribution in [2.75, 3.05) is 7.11 Å². The van der Waals surface area contributed by atoms with Crippen molar-refractivity contribution in [1.29, 1.82) is 0 Å². The molecule has 1 aromatic rings. The summed E-state index contributed by atoms with van der Waals surface area (Å²) in [6, 6.07) is 7.55. The van der Waals surface area contributed by atoms with Crippen molar-refractivity contribution in [2.45, 2.75) is 96.5 Å². The van der Waals surface area contributed by atoms with Gasteiger partial charge in [0.15, 0.2) is 0 Å². The summed E-state index contributed by atoms with van der Waals surface area (Å²) in [4.78, 5) is 22.2. The van der Waals surface area contributed by atoms with Crippen LogP contribution < -0.4 is 4.74 Å². The van der Waals surface area contributed by atoms with E-state index in [9.17, 15) is 9.59 Å². The molecule has 1 aromatic carbocycles. The summed E-state index contributed by atoms with van der Waals surface area (Å²) in [6.45, 7) is 0.322. The number of rotatable bonds is 18. The third kappa shape index (κ3) is 14.6. The average Bonchev–Trinajstić information content (AvgIpc) is 2.72. The Labute approximate surface area is 175 Å². The summed E-state index contributed by atoms with van der Waals surface area (Å²) in [5.41, 5.74) is 0.972. The number of carboxylic acid groups (broad SMARTS) is 1. The molecule has 0 unspecified atom stereocenters. The zero-order valence-electron chi connectivity index (χ0n) is 18.0. The second-order valence-electron chi connectivity index (χ2n) is 7.65. The molecule has 0 amide bonds. The number of hydrogen-bond acceptors (Lipinski definition) is 4. The number of carbonyl (C=O) groups excluding carboxylic acids is 1. The van der Waals surface area contributed by atoms with Gasteiger partial charge in [-0.05, 0) is 30.5 Å². The van der Waals surface area contributed by atoms with E-state index in [0.29, 0.717) is 19.4 Å². The number of benzene rings is 1. The van der Waals surface area contributed by atoms with Crippen LogP contribution in [0.15, 0.2) is 24.3 Å². The summed E-state index contributed by atoms with van der Waals surface area (Å²) in [5, 5.41) is 8.57. The van der Waals surface area contributed by atoms with E-state index in [1.54, 1.807) is 7.11 Å². The summed E-state index contributed by atoms with van der Waals surface area (Å²) < 4.78 is 10.4. The number of carbonyl (C=O) groups is 2. The van der Waals surface area contributed by atoms with Crippen LogP contribution in [0.25, 0.3) is 0 Å². The SMILES string of the molecule is COc1ccc(COC(=O)CCCCCCCCCCCCCCC(=O)O)cc1. The predicted molar refractivity (Wildman–Crippen MR) is 115 cm³/mol. The number of carboxylic acids is 1. The monoisotopic (exact) mass is 406 g/mol. The minimum atomic E-state index is -0.685. The molecule has 29 heavy (non-hydrogen) atoms. The van der Waals surface area contributed by atoms with Crippen LogP contribution in [0, 0.1) is 0 Å². The topological polar surface area (TPSA) is 72.8 Å². The Morgan fingerprint density at radius 2 is 1.17 bits per heavy atom. The molecule has 0 spiro atoms. The third-order valence-electron chi connectivity index (χ3n) is 5.08. The molecule has 0 saturated heterocycles. The fourth-order valence-electron chi connectivity index (χ4n) is 3.27. The van der Waals surface area contributed by atoms with E-state index in [2.05, 4.69) is 0 Å². The lowest BCUT2D eigenvalue weighted by molar-refractivity contribution is -0.145. The maximum atomic E-state index is 11.8. The number of unbranched alkanes of at least 4 members (excludes halogenated alkanes) is 11. The first-order valence-corrected chi connectivity index (χ1v) is 11.1. The van der Waals surface area contributed by atoms with Crippen LogP contribution in [-0.4, -0.2) is 24.2 Å². The molecule has 5 heteroatoms. The largest absolute Gasteiger partial charge is 0.497 e. The van der Waals surface area contributed by atoms with E-state index in [0.717, 1.165) is 43.4 Å². The number of methoxy groups -OCH3 is 1. The van der Waals surface area contributed by atoms with Crippen molar-refractivity contribution in [3.63, 3.8) is 0 Å². The third-order valence-corrected chi connectivity index (χ3v) is 5.08. The quantitative estimate of drug-likeness (QED) is 0.229. The van der Waals surface area contributed by atoms with Gasteiger partial charge in [0, 0.05) is 12.8 Å². The summed E-state index contributed by atoms with van der Waals surface area (Å²) >= 11 is 0. The number of aliphatic carboxylic acids is 1. The molecule has 0 aliphatic carbocycles. The Morgan fingerprint density at radius 3 is 1.62 bits per heavy atom. The van der Waals surface area contributed by atoms with Gasteiger partial charge in [-0.15, -0.1) is 0 Å². The highest BCUT2D eigenvalue weighted by Gasteiger charge is 2.04. The van der Waals surface area contributed by atoms with Crippen LogP contribution in [0.2, 0.25) is 0 Å². The van der Waals surface area contributed by atoms with Crippen LogP contribution in [-0.2, 0) is 20.9 Å². The molecule has 5 nitrogen and oxygen atoms in total. The van der Waals surface area contributed by atoms with E-state index >= 15 is 0 Å². The van der Waals surface area contributed by atoms with Crippen LogP contribution >= 0.6 is 0 Å². The predicted octanol–water partition coefficient (Wildman–Crippen LogP) is 6.28. The van der Waals surface area contributed by atoms with E-state index < -0.39 is 5.97 Å². The first-order valence-electron chi connectivity index (χ1n) is 11.1. The first-order chi connectivity index (χ1) is 14.1. The maximum absolute atomic E-state index is 11.8. The molecule has 0 fully saturated rings. The summed E-state index contributed by atoms with van der Waals surface area (Å²) in [6.07, 6.45) is 14.5. The van der Waals surface area contributed by atoms with Gasteiger partial charge in [0.25, 0.3) is 0 Å². The van der Waals surface area contributed by atoms with Crippen molar-refractivity contribution in [1.82, 2.24) is 0 Å². The highest BCUT2D eigenvalue weighted by atomic mass is 16.5. The Hall–Kier alpha value is -2.04. The van der Waals surface area contributed by atoms with Crippen LogP contribution in [0.4, 0.5) is 0 Å². The van der Waals surface area contributed by atoms with Gasteiger partial charge in [0.2, 0.25) is 0 Å². The van der Waals surface area contributed by atoms with E-state index in [4.69, 9.17) is 14.6 Å². The van der Waals surface area contributed by atoms with Crippen molar-refractivity contribution in [3.8, 4) is 5.75 Å². The molecule has 0 bridgehead atoms. The Morgan fingerprint density at radius 1 is 0.724 bits per heavy atom. The molecule has 0 heterocycles. The smallest absolute Gasteiger partial charge is 0.306 e. The minimum absolute atomic E-state index is 0.121. The van der Waals surface area contributed by atoms with Crippen molar-refractivity contribution in [3.05, 3.63) is 29.8 Å². The minimum Gasteiger partial charge on any atom is -0.497 e. The molecule has 0 aromatic heterocycles. The van der Waals surface area contributed by atoms with Crippen molar-refractivity contribution >= 4 is 11.9 Å². The second-order valence-corrected chi connectivity index (χ2v) is 7.65. The molecule has 1 N–H and O–H groups in total. The molecule has 0 aliphatic heterocycles. The number of esters is 1. The van der Waals surface area contributed by atoms with Crippen molar-refractivity contribution in [2.24, 2.45) is 0 Å². The van der Waals surface area contributed by atoms with E-state index in [1.807, 2.05) is 24.3 Å². The average molecular weight is 407 g/mol. The molecule has 164 valence electrons. The first kappa shape index (κ1) is 25.0. The molecule has 0 radical (unpaired) electrons. The molecule has 0 atom stereocenters. The van der Waals surface area contributed by atoms with E-state index in [-0.39, 0.29) is 5.97 Å². The fourth-order valence-corrected chi connectivity index (χ4v) is 3.27. The van der Waals surface area contributed by atoms with Crippen molar-refractivity contribution < 1.29 is 24.2 Å². The highest BCUT2D eigenvalue weighted by molar-refractivity contribution is 5.69. The maximum Gasteiger partial charge on any atom is 0.306 e. The van der Waals surface area contributed by atoms with Gasteiger partial charge < -0.3 is 14.6 Å². The lowest BCUT2D eigenvalue weighted by Crippen LogP contribution is -2.04. The number of ether oxygens (including phenoxy) is 2. The molecule has 1 rings (SSSR count). The zero-order valence-corrected chi connectivity index (χ0v) is 18.0. The summed E-state index contributed by atoms with van der Waals surface area (Å²) in [7, 11) is 1.63. The standard InChI is InChI=1S/C24H38O5/c1-28-22-18-16-21(17-19-22)20-29-24(27)15-13-11-9-7-5-3-2-4-6-8-10-12-14-23(25)26/h16-19H,2-15,20H2,1H3,(H,25,26). The fraction of sp³-hybridized carbons (Fsp3) is 0.667. The lowest BCUT2D eigenvalue weighted by atomic mass is 10.0.